The van der Waals surface area contributed by atoms with Gasteiger partial charge in [0.1, 0.15) is 18.2 Å². The van der Waals surface area contributed by atoms with Gasteiger partial charge in [0.25, 0.3) is 5.91 Å². The van der Waals surface area contributed by atoms with E-state index in [1.807, 2.05) is 58.1 Å². The first kappa shape index (κ1) is 27.1. The van der Waals surface area contributed by atoms with Crippen molar-refractivity contribution in [2.75, 3.05) is 27.2 Å². The Kier molecular flexibility index (Phi) is 8.26. The van der Waals surface area contributed by atoms with Crippen LogP contribution in [0.5, 0.6) is 5.75 Å². The van der Waals surface area contributed by atoms with Crippen molar-refractivity contribution in [3.05, 3.63) is 77.5 Å². The topological polar surface area (TPSA) is 77.2 Å². The Morgan fingerprint density at radius 3 is 2.61 bits per heavy atom. The molecule has 0 spiro atoms. The number of carbonyl (C=O) groups excluding carboxylic acids is 1. The molecule has 0 aliphatic carbocycles. The summed E-state index contributed by atoms with van der Waals surface area (Å²) in [5.41, 5.74) is 4.11. The van der Waals surface area contributed by atoms with E-state index in [0.717, 1.165) is 17.7 Å². The average Bonchev–Trinajstić information content (AvgIpc) is 3.54. The Morgan fingerprint density at radius 1 is 1.18 bits per heavy atom. The lowest BCUT2D eigenvalue weighted by Crippen LogP contribution is -2.27. The molecule has 0 saturated carbocycles. The van der Waals surface area contributed by atoms with Gasteiger partial charge in [0.05, 0.1) is 17.9 Å². The second-order valence-corrected chi connectivity index (χ2v) is 9.71. The van der Waals surface area contributed by atoms with Crippen LogP contribution in [0.15, 0.2) is 55.0 Å². The van der Waals surface area contributed by atoms with Gasteiger partial charge < -0.3 is 15.0 Å². The Balaban J connectivity index is 1.64. The highest BCUT2D eigenvalue weighted by atomic mass is 19.1. The molecular formula is C29H35FN6O2. The molecule has 0 aliphatic heterocycles. The van der Waals surface area contributed by atoms with E-state index >= 15 is 4.39 Å². The maximum Gasteiger partial charge on any atom is 0.252 e. The molecule has 8 nitrogen and oxygen atoms in total. The monoisotopic (exact) mass is 518 g/mol. The quantitative estimate of drug-likeness (QED) is 0.325. The zero-order chi connectivity index (χ0) is 27.4. The third-order valence-electron chi connectivity index (χ3n) is 6.46. The number of nitrogens with one attached hydrogen (secondary N) is 1. The molecule has 1 amide bonds. The summed E-state index contributed by atoms with van der Waals surface area (Å²) in [6.07, 6.45) is 5.23. The van der Waals surface area contributed by atoms with E-state index in [4.69, 9.17) is 4.74 Å². The molecule has 0 saturated heterocycles. The summed E-state index contributed by atoms with van der Waals surface area (Å²) in [6, 6.07) is 10.4. The molecule has 4 aromatic rings. The Labute approximate surface area is 223 Å². The lowest BCUT2D eigenvalue weighted by Gasteiger charge is -2.19. The van der Waals surface area contributed by atoms with Crippen molar-refractivity contribution in [1.29, 1.82) is 0 Å². The molecule has 0 aliphatic rings. The Bertz CT molecular complexity index is 1420. The zero-order valence-corrected chi connectivity index (χ0v) is 22.8. The van der Waals surface area contributed by atoms with E-state index in [1.54, 1.807) is 53.1 Å². The van der Waals surface area contributed by atoms with Crippen LogP contribution in [0.2, 0.25) is 0 Å². The summed E-state index contributed by atoms with van der Waals surface area (Å²) in [5.74, 6) is 0.0434. The molecule has 2 heterocycles. The molecule has 0 bridgehead atoms. The number of aromatic nitrogens is 4. The van der Waals surface area contributed by atoms with Gasteiger partial charge in [0.2, 0.25) is 0 Å². The standard InChI is InChI=1S/C29H35FN6O2/c1-7-36-11-10-27(33-36)26-15-21(14-25(28(26)30)22-17-31-35(6)18-22)20(3)32-29(37)24-16-23(9-8-19(24)2)38-13-12-34(4)5/h8-11,14-18,20H,7,12-13H2,1-6H3,(H,32,37)/t20-/m1/s1. The van der Waals surface area contributed by atoms with E-state index in [-0.39, 0.29) is 11.7 Å². The lowest BCUT2D eigenvalue weighted by atomic mass is 9.96. The third kappa shape index (κ3) is 6.11. The molecule has 1 N–H and O–H groups in total. The Hall–Kier alpha value is -3.98. The maximum absolute atomic E-state index is 15.8. The molecule has 200 valence electrons. The van der Waals surface area contributed by atoms with Crippen LogP contribution < -0.4 is 10.1 Å². The molecule has 4 rings (SSSR count). The smallest absolute Gasteiger partial charge is 0.252 e. The lowest BCUT2D eigenvalue weighted by molar-refractivity contribution is 0.0938. The van der Waals surface area contributed by atoms with E-state index in [9.17, 15) is 4.79 Å². The Morgan fingerprint density at radius 2 is 1.95 bits per heavy atom. The summed E-state index contributed by atoms with van der Waals surface area (Å²) < 4.78 is 25.0. The first-order chi connectivity index (χ1) is 18.2. The van der Waals surface area contributed by atoms with Crippen molar-refractivity contribution in [3.63, 3.8) is 0 Å². The zero-order valence-electron chi connectivity index (χ0n) is 22.8. The van der Waals surface area contributed by atoms with Crippen LogP contribution in [0.4, 0.5) is 4.39 Å². The molecular weight excluding hydrogens is 483 g/mol. The third-order valence-corrected chi connectivity index (χ3v) is 6.46. The van der Waals surface area contributed by atoms with Crippen LogP contribution in [0.25, 0.3) is 22.4 Å². The summed E-state index contributed by atoms with van der Waals surface area (Å²) in [4.78, 5) is 15.4. The van der Waals surface area contributed by atoms with Gasteiger partial charge in [0.15, 0.2) is 0 Å². The first-order valence-electron chi connectivity index (χ1n) is 12.7. The second-order valence-electron chi connectivity index (χ2n) is 9.71. The number of carbonyl (C=O) groups is 1. The number of halogens is 1. The largest absolute Gasteiger partial charge is 0.492 e. The fourth-order valence-electron chi connectivity index (χ4n) is 4.17. The molecule has 0 fully saturated rings. The van der Waals surface area contributed by atoms with Crippen LogP contribution in [0.3, 0.4) is 0 Å². The first-order valence-corrected chi connectivity index (χ1v) is 12.7. The molecule has 0 radical (unpaired) electrons. The minimum Gasteiger partial charge on any atom is -0.492 e. The minimum atomic E-state index is -0.400. The number of nitrogens with zero attached hydrogens (tertiary/aromatic N) is 5. The molecule has 1 atom stereocenters. The van der Waals surface area contributed by atoms with Gasteiger partial charge in [-0.1, -0.05) is 6.07 Å². The average molecular weight is 519 g/mol. The molecule has 2 aromatic carbocycles. The van der Waals surface area contributed by atoms with Crippen LogP contribution in [-0.4, -0.2) is 57.6 Å². The van der Waals surface area contributed by atoms with E-state index in [2.05, 4.69) is 15.5 Å². The summed E-state index contributed by atoms with van der Waals surface area (Å²) in [5, 5.41) is 11.8. The number of ether oxygens (including phenoxy) is 1. The number of likely N-dealkylation sites (N-methyl/N-ethyl adjacent to an activating group) is 1. The number of rotatable bonds is 10. The van der Waals surface area contributed by atoms with Crippen molar-refractivity contribution in [3.8, 4) is 28.1 Å². The second kappa shape index (κ2) is 11.6. The molecule has 38 heavy (non-hydrogen) atoms. The van der Waals surface area contributed by atoms with Crippen LogP contribution in [0.1, 0.15) is 41.4 Å². The SMILES string of the molecule is CCn1ccc(-c2cc([C@@H](C)NC(=O)c3cc(OCCN(C)C)ccc3C)cc(-c3cnn(C)c3)c2F)n1. The fraction of sp³-hybridized carbons (Fsp3) is 0.345. The van der Waals surface area contributed by atoms with Crippen molar-refractivity contribution in [2.45, 2.75) is 33.4 Å². The minimum absolute atomic E-state index is 0.225. The maximum atomic E-state index is 15.8. The normalized spacial score (nSPS) is 12.1. The van der Waals surface area contributed by atoms with E-state index in [1.165, 1.54) is 0 Å². The highest BCUT2D eigenvalue weighted by Crippen LogP contribution is 2.34. The number of hydrogen-bond acceptors (Lipinski definition) is 5. The van der Waals surface area contributed by atoms with Gasteiger partial charge in [-0.25, -0.2) is 4.39 Å². The number of amides is 1. The summed E-state index contributed by atoms with van der Waals surface area (Å²) >= 11 is 0. The molecule has 0 unspecified atom stereocenters. The van der Waals surface area contributed by atoms with Crippen molar-refractivity contribution in [1.82, 2.24) is 29.8 Å². The van der Waals surface area contributed by atoms with Gasteiger partial charge >= 0.3 is 0 Å². The summed E-state index contributed by atoms with van der Waals surface area (Å²) in [6.45, 7) is 7.74. The highest BCUT2D eigenvalue weighted by Gasteiger charge is 2.21. The van der Waals surface area contributed by atoms with Crippen molar-refractivity contribution >= 4 is 5.91 Å². The van der Waals surface area contributed by atoms with Crippen molar-refractivity contribution < 1.29 is 13.9 Å². The van der Waals surface area contributed by atoms with Gasteiger partial charge in [0, 0.05) is 54.8 Å². The van der Waals surface area contributed by atoms with E-state index in [0.29, 0.717) is 46.8 Å². The molecule has 9 heteroatoms. The number of hydrogen-bond donors (Lipinski definition) is 1. The highest BCUT2D eigenvalue weighted by molar-refractivity contribution is 5.96. The predicted molar refractivity (Wildman–Crippen MR) is 147 cm³/mol. The summed E-state index contributed by atoms with van der Waals surface area (Å²) in [7, 11) is 5.75. The van der Waals surface area contributed by atoms with Gasteiger partial charge in [-0.05, 0) is 76.3 Å². The predicted octanol–water partition coefficient (Wildman–Crippen LogP) is 4.85. The van der Waals surface area contributed by atoms with Crippen LogP contribution in [0, 0.1) is 12.7 Å². The number of benzene rings is 2. The van der Waals surface area contributed by atoms with E-state index < -0.39 is 6.04 Å². The van der Waals surface area contributed by atoms with Gasteiger partial charge in [-0.3, -0.25) is 14.2 Å². The van der Waals surface area contributed by atoms with Crippen molar-refractivity contribution in [2.24, 2.45) is 7.05 Å². The molecule has 2 aromatic heterocycles. The van der Waals surface area contributed by atoms with Gasteiger partial charge in [-0.2, -0.15) is 10.2 Å². The fourth-order valence-corrected chi connectivity index (χ4v) is 4.17. The van der Waals surface area contributed by atoms with Crippen LogP contribution >= 0.6 is 0 Å². The van der Waals surface area contributed by atoms with Crippen LogP contribution in [-0.2, 0) is 13.6 Å². The van der Waals surface area contributed by atoms with Gasteiger partial charge in [-0.15, -0.1) is 0 Å². The number of aryl methyl sites for hydroxylation is 3.